The van der Waals surface area contributed by atoms with Gasteiger partial charge in [-0.3, -0.25) is 4.79 Å². The van der Waals surface area contributed by atoms with Gasteiger partial charge in [-0.15, -0.1) is 11.3 Å². The first-order chi connectivity index (χ1) is 12.4. The van der Waals surface area contributed by atoms with E-state index in [1.807, 2.05) is 24.3 Å². The van der Waals surface area contributed by atoms with Crippen LogP contribution in [0.4, 0.5) is 0 Å². The number of rotatable bonds is 6. The first-order valence-corrected chi connectivity index (χ1v) is 10.4. The number of hydrogen-bond donors (Lipinski definition) is 1. The highest BCUT2D eigenvalue weighted by atomic mass is 32.2. The van der Waals surface area contributed by atoms with Crippen molar-refractivity contribution in [3.05, 3.63) is 59.1 Å². The summed E-state index contributed by atoms with van der Waals surface area (Å²) in [5.74, 6) is -0.252. The number of benzene rings is 2. The van der Waals surface area contributed by atoms with Gasteiger partial charge in [0.05, 0.1) is 21.7 Å². The molecule has 0 saturated heterocycles. The largest absolute Gasteiger partial charge is 0.335 e. The van der Waals surface area contributed by atoms with Crippen LogP contribution in [0.3, 0.4) is 0 Å². The molecule has 1 aromatic heterocycles. The van der Waals surface area contributed by atoms with E-state index in [1.165, 1.54) is 17.0 Å². The van der Waals surface area contributed by atoms with Crippen molar-refractivity contribution in [1.82, 2.24) is 14.6 Å². The maximum absolute atomic E-state index is 12.7. The molecule has 0 fully saturated rings. The molecule has 8 heteroatoms. The van der Waals surface area contributed by atoms with Crippen molar-refractivity contribution in [2.45, 2.75) is 18.4 Å². The van der Waals surface area contributed by atoms with Crippen molar-refractivity contribution in [3.63, 3.8) is 0 Å². The number of para-hydroxylation sites is 1. The molecule has 0 bridgehead atoms. The molecule has 26 heavy (non-hydrogen) atoms. The van der Waals surface area contributed by atoms with Crippen molar-refractivity contribution < 1.29 is 13.2 Å². The Morgan fingerprint density at radius 2 is 1.96 bits per heavy atom. The Hall–Kier alpha value is -2.29. The second kappa shape index (κ2) is 7.53. The molecular weight excluding hydrogens is 370 g/mol. The van der Waals surface area contributed by atoms with Gasteiger partial charge in [-0.05, 0) is 30.3 Å². The second-order valence-electron chi connectivity index (χ2n) is 5.77. The van der Waals surface area contributed by atoms with E-state index in [0.29, 0.717) is 12.1 Å². The number of aromatic nitrogens is 1. The Morgan fingerprint density at radius 3 is 2.69 bits per heavy atom. The second-order valence-corrected chi connectivity index (χ2v) is 8.65. The molecular formula is C18H19N3O3S2. The lowest BCUT2D eigenvalue weighted by Crippen LogP contribution is -2.27. The summed E-state index contributed by atoms with van der Waals surface area (Å²) in [6.07, 6.45) is 0. The molecule has 2 aromatic carbocycles. The fraction of sp³-hybridized carbons (Fsp3) is 0.222. The lowest BCUT2D eigenvalue weighted by molar-refractivity contribution is 0.0785. The highest BCUT2D eigenvalue weighted by Gasteiger charge is 2.18. The number of thiazole rings is 1. The van der Waals surface area contributed by atoms with Crippen LogP contribution in [0.1, 0.15) is 22.3 Å². The molecule has 0 radical (unpaired) electrons. The molecule has 3 rings (SSSR count). The Morgan fingerprint density at radius 1 is 1.19 bits per heavy atom. The Bertz CT molecular complexity index is 1010. The molecule has 0 spiro atoms. The van der Waals surface area contributed by atoms with Gasteiger partial charge in [0.25, 0.3) is 5.91 Å². The van der Waals surface area contributed by atoms with E-state index < -0.39 is 10.0 Å². The number of hydrogen-bond acceptors (Lipinski definition) is 5. The van der Waals surface area contributed by atoms with Crippen LogP contribution < -0.4 is 4.72 Å². The zero-order valence-electron chi connectivity index (χ0n) is 14.5. The quantitative estimate of drug-likeness (QED) is 0.703. The summed E-state index contributed by atoms with van der Waals surface area (Å²) in [4.78, 5) is 18.8. The molecule has 136 valence electrons. The molecule has 6 nitrogen and oxygen atoms in total. The predicted octanol–water partition coefficient (Wildman–Crippen LogP) is 2.87. The van der Waals surface area contributed by atoms with Gasteiger partial charge in [-0.1, -0.05) is 25.1 Å². The summed E-state index contributed by atoms with van der Waals surface area (Å²) in [6.45, 7) is 2.36. The summed E-state index contributed by atoms with van der Waals surface area (Å²) < 4.78 is 27.7. The van der Waals surface area contributed by atoms with Gasteiger partial charge in [0.2, 0.25) is 10.0 Å². The first kappa shape index (κ1) is 18.5. The van der Waals surface area contributed by atoms with Gasteiger partial charge in [-0.2, -0.15) is 0 Å². The van der Waals surface area contributed by atoms with Gasteiger partial charge in [-0.25, -0.2) is 18.1 Å². The molecule has 1 N–H and O–H groups in total. The Balaban J connectivity index is 1.80. The third kappa shape index (κ3) is 3.92. The number of nitrogens with zero attached hydrogens (tertiary/aromatic N) is 2. The number of sulfonamides is 1. The highest BCUT2D eigenvalue weighted by molar-refractivity contribution is 7.89. The number of fused-ring (bicyclic) bond motifs is 1. The van der Waals surface area contributed by atoms with E-state index in [2.05, 4.69) is 9.71 Å². The summed E-state index contributed by atoms with van der Waals surface area (Å²) in [6, 6.07) is 13.9. The average Bonchev–Trinajstić information content (AvgIpc) is 3.03. The third-order valence-electron chi connectivity index (χ3n) is 3.78. The van der Waals surface area contributed by atoms with Gasteiger partial charge in [0.15, 0.2) is 0 Å². The lowest BCUT2D eigenvalue weighted by atomic mass is 10.2. The van der Waals surface area contributed by atoms with Crippen LogP contribution >= 0.6 is 11.3 Å². The molecule has 0 aliphatic carbocycles. The van der Waals surface area contributed by atoms with Crippen molar-refractivity contribution in [1.29, 1.82) is 0 Å². The fourth-order valence-corrected chi connectivity index (χ4v) is 4.66. The highest BCUT2D eigenvalue weighted by Crippen LogP contribution is 2.23. The van der Waals surface area contributed by atoms with Gasteiger partial charge < -0.3 is 4.90 Å². The Kier molecular flexibility index (Phi) is 5.36. The third-order valence-corrected chi connectivity index (χ3v) is 6.35. The lowest BCUT2D eigenvalue weighted by Gasteiger charge is -2.16. The zero-order chi connectivity index (χ0) is 18.7. The molecule has 1 heterocycles. The molecule has 0 saturated carbocycles. The minimum absolute atomic E-state index is 0.0820. The standard InChI is InChI=1S/C18H19N3O3S2/c1-3-19-26(23,24)14-8-6-7-13(11-14)18(22)21(2)12-17-20-15-9-4-5-10-16(15)25-17/h4-11,19H,3,12H2,1-2H3. The van der Waals surface area contributed by atoms with Crippen LogP contribution in [0, 0.1) is 0 Å². The van der Waals surface area contributed by atoms with E-state index in [1.54, 1.807) is 37.4 Å². The van der Waals surface area contributed by atoms with Gasteiger partial charge >= 0.3 is 0 Å². The Labute approximate surface area is 156 Å². The van der Waals surface area contributed by atoms with Crippen LogP contribution in [0.15, 0.2) is 53.4 Å². The van der Waals surface area contributed by atoms with Crippen LogP contribution in [-0.4, -0.2) is 37.8 Å². The maximum atomic E-state index is 12.7. The van der Waals surface area contributed by atoms with Crippen molar-refractivity contribution in [3.8, 4) is 0 Å². The van der Waals surface area contributed by atoms with Gasteiger partial charge in [0.1, 0.15) is 5.01 Å². The van der Waals surface area contributed by atoms with E-state index in [4.69, 9.17) is 0 Å². The average molecular weight is 390 g/mol. The maximum Gasteiger partial charge on any atom is 0.254 e. The first-order valence-electron chi connectivity index (χ1n) is 8.10. The van der Waals surface area contributed by atoms with Crippen LogP contribution in [-0.2, 0) is 16.6 Å². The van der Waals surface area contributed by atoms with Crippen molar-refractivity contribution in [2.75, 3.05) is 13.6 Å². The van der Waals surface area contributed by atoms with Crippen LogP contribution in [0.5, 0.6) is 0 Å². The monoisotopic (exact) mass is 389 g/mol. The van der Waals surface area contributed by atoms with Crippen LogP contribution in [0.25, 0.3) is 10.2 Å². The number of amides is 1. The molecule has 0 atom stereocenters. The van der Waals surface area contributed by atoms with Gasteiger partial charge in [0, 0.05) is 19.2 Å². The minimum Gasteiger partial charge on any atom is -0.335 e. The van der Waals surface area contributed by atoms with Crippen LogP contribution in [0.2, 0.25) is 0 Å². The molecule has 0 aliphatic rings. The summed E-state index contributed by atoms with van der Waals surface area (Å²) in [5, 5.41) is 0.832. The minimum atomic E-state index is -3.60. The van der Waals surface area contributed by atoms with Crippen molar-refractivity contribution >= 4 is 37.5 Å². The molecule has 1 amide bonds. The topological polar surface area (TPSA) is 79.4 Å². The molecule has 0 aliphatic heterocycles. The van der Waals surface area contributed by atoms with E-state index >= 15 is 0 Å². The zero-order valence-corrected chi connectivity index (χ0v) is 16.1. The normalized spacial score (nSPS) is 11.6. The number of carbonyl (C=O) groups is 1. The molecule has 3 aromatic rings. The summed E-state index contributed by atoms with van der Waals surface area (Å²) in [7, 11) is -1.92. The SMILES string of the molecule is CCNS(=O)(=O)c1cccc(C(=O)N(C)Cc2nc3ccccc3s2)c1. The smallest absolute Gasteiger partial charge is 0.254 e. The van der Waals surface area contributed by atoms with E-state index in [0.717, 1.165) is 15.2 Å². The van der Waals surface area contributed by atoms with E-state index in [9.17, 15) is 13.2 Å². The summed E-state index contributed by atoms with van der Waals surface area (Å²) in [5.41, 5.74) is 1.24. The predicted molar refractivity (Wildman–Crippen MR) is 103 cm³/mol. The van der Waals surface area contributed by atoms with E-state index in [-0.39, 0.29) is 17.3 Å². The summed E-state index contributed by atoms with van der Waals surface area (Å²) >= 11 is 1.54. The number of nitrogens with one attached hydrogen (secondary N) is 1. The fourth-order valence-electron chi connectivity index (χ4n) is 2.55. The number of carbonyl (C=O) groups excluding carboxylic acids is 1. The van der Waals surface area contributed by atoms with Crippen molar-refractivity contribution in [2.24, 2.45) is 0 Å². The molecule has 0 unspecified atom stereocenters.